The van der Waals surface area contributed by atoms with Crippen molar-refractivity contribution in [2.45, 2.75) is 24.3 Å². The molecule has 1 aromatic heterocycles. The van der Waals surface area contributed by atoms with Gasteiger partial charge in [-0.05, 0) is 43.3 Å². The molecule has 4 rings (SSSR count). The van der Waals surface area contributed by atoms with Crippen molar-refractivity contribution in [3.63, 3.8) is 0 Å². The van der Waals surface area contributed by atoms with Crippen LogP contribution in [0.15, 0.2) is 74.8 Å². The Kier molecular flexibility index (Phi) is 6.19. The fourth-order valence-electron chi connectivity index (χ4n) is 3.58. The zero-order chi connectivity index (χ0) is 23.6. The summed E-state index contributed by atoms with van der Waals surface area (Å²) in [5, 5.41) is 0. The molecule has 2 heterocycles. The molecule has 1 atom stereocenters. The van der Waals surface area contributed by atoms with Gasteiger partial charge >= 0.3 is 5.63 Å². The predicted molar refractivity (Wildman–Crippen MR) is 118 cm³/mol. The Labute approximate surface area is 189 Å². The van der Waals surface area contributed by atoms with E-state index in [9.17, 15) is 22.4 Å². The lowest BCUT2D eigenvalue weighted by Crippen LogP contribution is -2.31. The fraction of sp³-hybridized carbons (Fsp3) is 0.217. The minimum atomic E-state index is -4.10. The van der Waals surface area contributed by atoms with Crippen LogP contribution in [0, 0.1) is 12.7 Å². The average Bonchev–Trinajstić information content (AvgIpc) is 3.21. The van der Waals surface area contributed by atoms with Crippen molar-refractivity contribution in [1.82, 2.24) is 4.90 Å². The molecule has 2 aromatic carbocycles. The van der Waals surface area contributed by atoms with Gasteiger partial charge in [-0.2, -0.15) is 0 Å². The molecule has 0 bridgehead atoms. The molecule has 0 radical (unpaired) electrons. The molecule has 1 fully saturated rings. The molecule has 1 aliphatic rings. The lowest BCUT2D eigenvalue weighted by atomic mass is 10.2. The highest BCUT2D eigenvalue weighted by atomic mass is 32.2. The SMILES string of the molecule is Cc1cc(OC2CCN(C(=O)c3ccc(NS(=O)(=O)c4ccccc4F)cc3)C2)cc(=O)o1. The van der Waals surface area contributed by atoms with Gasteiger partial charge < -0.3 is 14.1 Å². The highest BCUT2D eigenvalue weighted by Gasteiger charge is 2.28. The highest BCUT2D eigenvalue weighted by molar-refractivity contribution is 7.92. The van der Waals surface area contributed by atoms with E-state index < -0.39 is 26.4 Å². The lowest BCUT2D eigenvalue weighted by molar-refractivity contribution is 0.0772. The van der Waals surface area contributed by atoms with E-state index in [4.69, 9.17) is 9.15 Å². The van der Waals surface area contributed by atoms with Crippen molar-refractivity contribution < 1.29 is 26.8 Å². The second-order valence-corrected chi connectivity index (χ2v) is 9.27. The Bertz CT molecular complexity index is 1340. The zero-order valence-corrected chi connectivity index (χ0v) is 18.5. The third-order valence-electron chi connectivity index (χ3n) is 5.11. The van der Waals surface area contributed by atoms with Gasteiger partial charge in [-0.15, -0.1) is 0 Å². The molecule has 1 aliphatic heterocycles. The van der Waals surface area contributed by atoms with Crippen LogP contribution < -0.4 is 15.1 Å². The van der Waals surface area contributed by atoms with Gasteiger partial charge in [-0.1, -0.05) is 12.1 Å². The van der Waals surface area contributed by atoms with Gasteiger partial charge in [0.2, 0.25) is 0 Å². The first kappa shape index (κ1) is 22.5. The van der Waals surface area contributed by atoms with E-state index in [0.29, 0.717) is 36.6 Å². The summed E-state index contributed by atoms with van der Waals surface area (Å²) in [7, 11) is -4.10. The average molecular weight is 472 g/mol. The molecule has 3 aromatic rings. The number of sulfonamides is 1. The van der Waals surface area contributed by atoms with Gasteiger partial charge in [0.05, 0.1) is 12.6 Å². The summed E-state index contributed by atoms with van der Waals surface area (Å²) in [6.45, 7) is 2.48. The van der Waals surface area contributed by atoms with E-state index in [0.717, 1.165) is 6.07 Å². The van der Waals surface area contributed by atoms with Crippen molar-refractivity contribution >= 4 is 21.6 Å². The van der Waals surface area contributed by atoms with Crippen LogP contribution in [0.5, 0.6) is 5.75 Å². The Morgan fingerprint density at radius 2 is 1.88 bits per heavy atom. The molecule has 1 N–H and O–H groups in total. The largest absolute Gasteiger partial charge is 0.488 e. The second-order valence-electron chi connectivity index (χ2n) is 7.62. The normalized spacial score (nSPS) is 15.9. The molecule has 0 saturated carbocycles. The number of ether oxygens (including phenoxy) is 1. The molecular weight excluding hydrogens is 451 g/mol. The number of carbonyl (C=O) groups excluding carboxylic acids is 1. The summed E-state index contributed by atoms with van der Waals surface area (Å²) < 4.78 is 51.7. The first-order valence-corrected chi connectivity index (χ1v) is 11.6. The summed E-state index contributed by atoms with van der Waals surface area (Å²) in [4.78, 5) is 25.5. The number of carbonyl (C=O) groups is 1. The van der Waals surface area contributed by atoms with E-state index in [1.54, 1.807) is 17.9 Å². The van der Waals surface area contributed by atoms with Gasteiger partial charge in [-0.3, -0.25) is 9.52 Å². The van der Waals surface area contributed by atoms with E-state index in [1.165, 1.54) is 48.5 Å². The van der Waals surface area contributed by atoms with Gasteiger partial charge in [0.25, 0.3) is 15.9 Å². The van der Waals surface area contributed by atoms with E-state index in [1.807, 2.05) is 0 Å². The van der Waals surface area contributed by atoms with Crippen molar-refractivity contribution in [1.29, 1.82) is 0 Å². The molecule has 1 amide bonds. The molecule has 10 heteroatoms. The third kappa shape index (κ3) is 5.23. The topological polar surface area (TPSA) is 106 Å². The number of benzene rings is 2. The summed E-state index contributed by atoms with van der Waals surface area (Å²) in [6.07, 6.45) is 0.341. The predicted octanol–water partition coefficient (Wildman–Crippen LogP) is 3.18. The van der Waals surface area contributed by atoms with Crippen LogP contribution in [0.1, 0.15) is 22.5 Å². The summed E-state index contributed by atoms with van der Waals surface area (Å²) in [5.41, 5.74) is 0.0815. The number of amides is 1. The Balaban J connectivity index is 1.39. The number of likely N-dealkylation sites (tertiary alicyclic amines) is 1. The lowest BCUT2D eigenvalue weighted by Gasteiger charge is -2.17. The maximum atomic E-state index is 13.8. The van der Waals surface area contributed by atoms with Crippen molar-refractivity contribution in [3.8, 4) is 5.75 Å². The smallest absolute Gasteiger partial charge is 0.339 e. The molecular formula is C23H21FN2O6S. The molecule has 8 nitrogen and oxygen atoms in total. The van der Waals surface area contributed by atoms with Crippen molar-refractivity contribution in [2.24, 2.45) is 0 Å². The first-order chi connectivity index (χ1) is 15.7. The Morgan fingerprint density at radius 3 is 2.58 bits per heavy atom. The number of hydrogen-bond acceptors (Lipinski definition) is 6. The Hall–Kier alpha value is -3.66. The number of aryl methyl sites for hydroxylation is 1. The van der Waals surface area contributed by atoms with Crippen LogP contribution in [0.4, 0.5) is 10.1 Å². The molecule has 33 heavy (non-hydrogen) atoms. The molecule has 1 saturated heterocycles. The zero-order valence-electron chi connectivity index (χ0n) is 17.7. The van der Waals surface area contributed by atoms with Crippen LogP contribution in [0.3, 0.4) is 0 Å². The summed E-state index contributed by atoms with van der Waals surface area (Å²) in [5.74, 6) is -0.244. The van der Waals surface area contributed by atoms with Gasteiger partial charge in [0, 0.05) is 30.3 Å². The minimum Gasteiger partial charge on any atom is -0.488 e. The number of nitrogens with zero attached hydrogens (tertiary/aromatic N) is 1. The number of nitrogens with one attached hydrogen (secondary N) is 1. The monoisotopic (exact) mass is 472 g/mol. The Morgan fingerprint density at radius 1 is 1.15 bits per heavy atom. The molecule has 1 unspecified atom stereocenters. The van der Waals surface area contributed by atoms with Gasteiger partial charge in [0.15, 0.2) is 0 Å². The van der Waals surface area contributed by atoms with Gasteiger partial charge in [-0.25, -0.2) is 17.6 Å². The summed E-state index contributed by atoms with van der Waals surface area (Å²) in [6, 6.07) is 13.8. The maximum absolute atomic E-state index is 13.8. The first-order valence-electron chi connectivity index (χ1n) is 10.2. The quantitative estimate of drug-likeness (QED) is 0.591. The van der Waals surface area contributed by atoms with Crippen LogP contribution in [-0.4, -0.2) is 38.4 Å². The van der Waals surface area contributed by atoms with Crippen LogP contribution >= 0.6 is 0 Å². The molecule has 172 valence electrons. The third-order valence-corrected chi connectivity index (χ3v) is 6.53. The maximum Gasteiger partial charge on any atom is 0.339 e. The molecule has 0 aliphatic carbocycles. The standard InChI is InChI=1S/C23H21FN2O6S/c1-15-12-19(13-22(27)31-15)32-18-10-11-26(14-18)23(28)16-6-8-17(9-7-16)25-33(29,30)21-5-3-2-4-20(21)24/h2-9,12-13,18,25H,10-11,14H2,1H3. The van der Waals surface area contributed by atoms with Crippen LogP contribution in [0.2, 0.25) is 0 Å². The summed E-state index contributed by atoms with van der Waals surface area (Å²) >= 11 is 0. The number of hydrogen-bond donors (Lipinski definition) is 1. The fourth-order valence-corrected chi connectivity index (χ4v) is 4.72. The number of halogens is 1. The van der Waals surface area contributed by atoms with E-state index >= 15 is 0 Å². The van der Waals surface area contributed by atoms with E-state index in [-0.39, 0.29) is 17.7 Å². The second kappa shape index (κ2) is 9.07. The van der Waals surface area contributed by atoms with E-state index in [2.05, 4.69) is 4.72 Å². The number of rotatable bonds is 6. The van der Waals surface area contributed by atoms with Crippen LogP contribution in [0.25, 0.3) is 0 Å². The number of anilines is 1. The molecule has 0 spiro atoms. The minimum absolute atomic E-state index is 0.204. The van der Waals surface area contributed by atoms with Crippen LogP contribution in [-0.2, 0) is 10.0 Å². The van der Waals surface area contributed by atoms with Crippen molar-refractivity contribution in [2.75, 3.05) is 17.8 Å². The van der Waals surface area contributed by atoms with Crippen molar-refractivity contribution in [3.05, 3.63) is 88.2 Å². The highest BCUT2D eigenvalue weighted by Crippen LogP contribution is 2.22. The van der Waals surface area contributed by atoms with Gasteiger partial charge in [0.1, 0.15) is 28.3 Å².